The molecule has 1 fully saturated rings. The van der Waals surface area contributed by atoms with Gasteiger partial charge in [-0.3, -0.25) is 19.8 Å². The Bertz CT molecular complexity index is 1110. The Morgan fingerprint density at radius 3 is 2.58 bits per heavy atom. The fourth-order valence-electron chi connectivity index (χ4n) is 2.67. The maximum absolute atomic E-state index is 12.5. The molecule has 0 aromatic heterocycles. The second-order valence-corrected chi connectivity index (χ2v) is 7.86. The number of nitrogens with zero attached hydrogens (tertiary/aromatic N) is 2. The molecular formula is C21H16N2O6S2. The Balaban J connectivity index is 1.79. The van der Waals surface area contributed by atoms with Crippen molar-refractivity contribution in [2.45, 2.75) is 0 Å². The molecule has 1 aliphatic rings. The molecule has 2 aromatic carbocycles. The molecule has 0 saturated carbocycles. The molecule has 0 N–H and O–H groups in total. The Kier molecular flexibility index (Phi) is 6.83. The van der Waals surface area contributed by atoms with E-state index in [0.717, 1.165) is 0 Å². The van der Waals surface area contributed by atoms with E-state index in [1.165, 1.54) is 48.0 Å². The molecule has 158 valence electrons. The highest BCUT2D eigenvalue weighted by Gasteiger charge is 2.31. The zero-order valence-electron chi connectivity index (χ0n) is 16.3. The van der Waals surface area contributed by atoms with Gasteiger partial charge in [0.2, 0.25) is 0 Å². The number of esters is 1. The molecule has 2 aromatic rings. The molecule has 3 rings (SSSR count). The van der Waals surface area contributed by atoms with E-state index in [9.17, 15) is 19.7 Å². The summed E-state index contributed by atoms with van der Waals surface area (Å²) in [4.78, 5) is 36.9. The highest BCUT2D eigenvalue weighted by molar-refractivity contribution is 8.26. The van der Waals surface area contributed by atoms with Crippen LogP contribution in [0.15, 0.2) is 60.0 Å². The Hall–Kier alpha value is -3.50. The molecule has 0 radical (unpaired) electrons. The first kappa shape index (κ1) is 22.2. The van der Waals surface area contributed by atoms with Crippen molar-refractivity contribution < 1.29 is 24.0 Å². The van der Waals surface area contributed by atoms with Crippen molar-refractivity contribution in [3.63, 3.8) is 0 Å². The first-order valence-corrected chi connectivity index (χ1v) is 10.1. The lowest BCUT2D eigenvalue weighted by atomic mass is 10.1. The minimum Gasteiger partial charge on any atom is -0.493 e. The molecule has 0 unspecified atom stereocenters. The molecule has 1 aliphatic heterocycles. The summed E-state index contributed by atoms with van der Waals surface area (Å²) in [5.41, 5.74) is 0.686. The molecule has 8 nitrogen and oxygen atoms in total. The molecular weight excluding hydrogens is 440 g/mol. The normalized spacial score (nSPS) is 14.6. The van der Waals surface area contributed by atoms with Crippen LogP contribution in [0.3, 0.4) is 0 Å². The number of hydrogen-bond donors (Lipinski definition) is 0. The van der Waals surface area contributed by atoms with E-state index in [1.807, 2.05) is 0 Å². The molecule has 1 amide bonds. The van der Waals surface area contributed by atoms with Crippen molar-refractivity contribution >= 4 is 51.9 Å². The van der Waals surface area contributed by atoms with Crippen molar-refractivity contribution in [1.29, 1.82) is 0 Å². The van der Waals surface area contributed by atoms with Crippen LogP contribution >= 0.6 is 24.0 Å². The Labute approximate surface area is 187 Å². The molecule has 0 spiro atoms. The van der Waals surface area contributed by atoms with Crippen molar-refractivity contribution in [2.24, 2.45) is 0 Å². The van der Waals surface area contributed by atoms with E-state index in [0.29, 0.717) is 21.3 Å². The standard InChI is InChI=1S/C21H16N2O6S2/c1-3-10-22-19(24)18(31-21(22)30)12-13-4-9-16(17(11-13)28-2)29-20(25)14-5-7-15(8-6-14)23(26)27/h3-9,11-12H,1,10H2,2H3. The van der Waals surface area contributed by atoms with Crippen molar-refractivity contribution in [3.8, 4) is 11.5 Å². The number of benzene rings is 2. The van der Waals surface area contributed by atoms with Crippen LogP contribution in [0.1, 0.15) is 15.9 Å². The highest BCUT2D eigenvalue weighted by atomic mass is 32.2. The average Bonchev–Trinajstić information content (AvgIpc) is 3.02. The Morgan fingerprint density at radius 2 is 1.97 bits per heavy atom. The summed E-state index contributed by atoms with van der Waals surface area (Å²) in [6, 6.07) is 9.90. The van der Waals surface area contributed by atoms with E-state index < -0.39 is 10.9 Å². The second-order valence-electron chi connectivity index (χ2n) is 6.18. The van der Waals surface area contributed by atoms with Crippen LogP contribution in [0.2, 0.25) is 0 Å². The molecule has 1 heterocycles. The number of thioether (sulfide) groups is 1. The van der Waals surface area contributed by atoms with E-state index in [2.05, 4.69) is 6.58 Å². The van der Waals surface area contributed by atoms with Crippen LogP contribution in [0.5, 0.6) is 11.5 Å². The summed E-state index contributed by atoms with van der Waals surface area (Å²) in [5, 5.41) is 10.7. The van der Waals surface area contributed by atoms with Gasteiger partial charge in [-0.15, -0.1) is 6.58 Å². The topological polar surface area (TPSA) is 99.0 Å². The number of ether oxygens (including phenoxy) is 2. The number of nitro groups is 1. The fourth-order valence-corrected chi connectivity index (χ4v) is 3.95. The van der Waals surface area contributed by atoms with E-state index >= 15 is 0 Å². The summed E-state index contributed by atoms with van der Waals surface area (Å²) in [5.74, 6) is -0.443. The number of nitro benzene ring substituents is 1. The molecule has 31 heavy (non-hydrogen) atoms. The van der Waals surface area contributed by atoms with Gasteiger partial charge in [-0.2, -0.15) is 0 Å². The number of hydrogen-bond acceptors (Lipinski definition) is 8. The van der Waals surface area contributed by atoms with Crippen LogP contribution in [-0.2, 0) is 4.79 Å². The van der Waals surface area contributed by atoms with Gasteiger partial charge < -0.3 is 9.47 Å². The van der Waals surface area contributed by atoms with Gasteiger partial charge >= 0.3 is 5.97 Å². The van der Waals surface area contributed by atoms with Crippen LogP contribution < -0.4 is 9.47 Å². The third-order valence-electron chi connectivity index (χ3n) is 4.19. The molecule has 0 aliphatic carbocycles. The van der Waals surface area contributed by atoms with E-state index in [-0.39, 0.29) is 28.7 Å². The van der Waals surface area contributed by atoms with Gasteiger partial charge in [0, 0.05) is 18.7 Å². The van der Waals surface area contributed by atoms with Crippen LogP contribution in [0.25, 0.3) is 6.08 Å². The number of rotatable bonds is 7. The maximum Gasteiger partial charge on any atom is 0.343 e. The van der Waals surface area contributed by atoms with Crippen LogP contribution in [-0.4, -0.2) is 39.7 Å². The molecule has 0 bridgehead atoms. The third-order valence-corrected chi connectivity index (χ3v) is 5.56. The largest absolute Gasteiger partial charge is 0.493 e. The number of non-ortho nitro benzene ring substituents is 1. The first-order chi connectivity index (χ1) is 14.8. The zero-order valence-corrected chi connectivity index (χ0v) is 17.9. The molecule has 10 heteroatoms. The SMILES string of the molecule is C=CCN1C(=O)C(=Cc2ccc(OC(=O)c3ccc([N+](=O)[O-])cc3)c(OC)c2)SC1=S. The average molecular weight is 457 g/mol. The van der Waals surface area contributed by atoms with Gasteiger partial charge in [-0.05, 0) is 35.9 Å². The first-order valence-electron chi connectivity index (χ1n) is 8.85. The smallest absolute Gasteiger partial charge is 0.343 e. The summed E-state index contributed by atoms with van der Waals surface area (Å²) < 4.78 is 11.1. The number of carbonyl (C=O) groups is 2. The monoisotopic (exact) mass is 456 g/mol. The second kappa shape index (κ2) is 9.54. The van der Waals surface area contributed by atoms with Crippen molar-refractivity contribution in [3.05, 3.63) is 81.3 Å². The van der Waals surface area contributed by atoms with E-state index in [1.54, 1.807) is 30.4 Å². The van der Waals surface area contributed by atoms with Gasteiger partial charge in [-0.1, -0.05) is 36.1 Å². The number of amides is 1. The van der Waals surface area contributed by atoms with Gasteiger partial charge in [0.05, 0.1) is 22.5 Å². The maximum atomic E-state index is 12.5. The predicted molar refractivity (Wildman–Crippen MR) is 121 cm³/mol. The Morgan fingerprint density at radius 1 is 1.26 bits per heavy atom. The molecule has 0 atom stereocenters. The fraction of sp³-hybridized carbons (Fsp3) is 0.0952. The summed E-state index contributed by atoms with van der Waals surface area (Å²) in [6.45, 7) is 3.96. The summed E-state index contributed by atoms with van der Waals surface area (Å²) in [6.07, 6.45) is 3.28. The number of carbonyl (C=O) groups excluding carboxylic acids is 2. The van der Waals surface area contributed by atoms with Crippen LogP contribution in [0.4, 0.5) is 5.69 Å². The predicted octanol–water partition coefficient (Wildman–Crippen LogP) is 4.21. The van der Waals surface area contributed by atoms with Crippen molar-refractivity contribution in [1.82, 2.24) is 4.90 Å². The number of thiocarbonyl (C=S) groups is 1. The van der Waals surface area contributed by atoms with Gasteiger partial charge in [0.15, 0.2) is 11.5 Å². The quantitative estimate of drug-likeness (QED) is 0.116. The van der Waals surface area contributed by atoms with E-state index in [4.69, 9.17) is 21.7 Å². The minimum atomic E-state index is -0.689. The number of methoxy groups -OCH3 is 1. The van der Waals surface area contributed by atoms with Crippen LogP contribution in [0, 0.1) is 10.1 Å². The lowest BCUT2D eigenvalue weighted by molar-refractivity contribution is -0.384. The third kappa shape index (κ3) is 4.98. The summed E-state index contributed by atoms with van der Waals surface area (Å²) in [7, 11) is 1.42. The van der Waals surface area contributed by atoms with Gasteiger partial charge in [0.1, 0.15) is 4.32 Å². The molecule has 1 saturated heterocycles. The summed E-state index contributed by atoms with van der Waals surface area (Å²) >= 11 is 6.41. The lowest BCUT2D eigenvalue weighted by Gasteiger charge is -2.11. The minimum absolute atomic E-state index is 0.128. The lowest BCUT2D eigenvalue weighted by Crippen LogP contribution is -2.27. The zero-order chi connectivity index (χ0) is 22.5. The highest BCUT2D eigenvalue weighted by Crippen LogP contribution is 2.35. The van der Waals surface area contributed by atoms with Crippen molar-refractivity contribution in [2.75, 3.05) is 13.7 Å². The van der Waals surface area contributed by atoms with Gasteiger partial charge in [-0.25, -0.2) is 4.79 Å². The van der Waals surface area contributed by atoms with Gasteiger partial charge in [0.25, 0.3) is 11.6 Å².